The molecule has 0 heterocycles. The maximum Gasteiger partial charge on any atom is 0.358 e. The van der Waals surface area contributed by atoms with E-state index in [0.29, 0.717) is 17.9 Å². The van der Waals surface area contributed by atoms with Gasteiger partial charge in [-0.05, 0) is 45.9 Å². The van der Waals surface area contributed by atoms with Crippen LogP contribution < -0.4 is 36.0 Å². The van der Waals surface area contributed by atoms with Crippen molar-refractivity contribution in [2.24, 2.45) is 5.41 Å². The average molecular weight is 740 g/mol. The van der Waals surface area contributed by atoms with Crippen molar-refractivity contribution in [1.29, 1.82) is 0 Å². The van der Waals surface area contributed by atoms with Crippen molar-refractivity contribution in [3.8, 4) is 11.5 Å². The van der Waals surface area contributed by atoms with Crippen molar-refractivity contribution in [3.63, 3.8) is 0 Å². The fourth-order valence-electron chi connectivity index (χ4n) is 4.19. The number of methoxy groups -OCH3 is 3. The van der Waals surface area contributed by atoms with Crippen molar-refractivity contribution in [2.75, 3.05) is 21.3 Å². The molecule has 44 heavy (non-hydrogen) atoms. The lowest BCUT2D eigenvalue weighted by atomic mass is 9.94. The third-order valence-electron chi connectivity index (χ3n) is 6.54. The van der Waals surface area contributed by atoms with Crippen LogP contribution in [0.3, 0.4) is 0 Å². The lowest BCUT2D eigenvalue weighted by Crippen LogP contribution is -3.62. The van der Waals surface area contributed by atoms with Crippen LogP contribution in [-0.2, 0) is 30.9 Å². The van der Waals surface area contributed by atoms with Gasteiger partial charge in [0.2, 0.25) is 9.48 Å². The summed E-state index contributed by atoms with van der Waals surface area (Å²) in [7, 11) is 0.265. The summed E-state index contributed by atoms with van der Waals surface area (Å²) in [5, 5.41) is 2.87. The molecule has 0 spiro atoms. The molecule has 3 aromatic carbocycles. The van der Waals surface area contributed by atoms with Gasteiger partial charge in [0.25, 0.3) is 0 Å². The van der Waals surface area contributed by atoms with Crippen LogP contribution in [0.15, 0.2) is 53.4 Å². The summed E-state index contributed by atoms with van der Waals surface area (Å²) in [6, 6.07) is 13.3. The molecule has 1 amide bonds. The molecule has 0 fully saturated rings. The van der Waals surface area contributed by atoms with Gasteiger partial charge >= 0.3 is 27.2 Å². The molecule has 1 N–H and O–H groups in total. The molecule has 1 atom stereocenters. The van der Waals surface area contributed by atoms with Gasteiger partial charge in [-0.2, -0.15) is 0 Å². The SMILES string of the molecule is COC(=O)[C@H](Cc1cc(OC)c(OC)cc1[I+]c1c(C)cc(C)cc1C)NC(=O)C(C)(C)C.Cc1ccc(S(=O)(=O)[O-])cc1. The standard InChI is InChI=1S/C26H34INO5.C7H8O3S/c1-15-10-16(2)23(17(3)11-15)27-19-14-22(32-8)21(31-7)13-18(19)12-20(24(29)33-9)28-25(30)26(4,5)6;1-6-2-4-7(5-3-6)11(8,9)10/h10-11,13-14,20H,12H2,1-9H3;2-5H,1H3,(H,8,9,10)/t20-;/m0./s1. The number of nitrogens with one attached hydrogen (secondary N) is 1. The summed E-state index contributed by atoms with van der Waals surface area (Å²) < 4.78 is 49.7. The number of benzene rings is 3. The lowest BCUT2D eigenvalue weighted by molar-refractivity contribution is -0.599. The smallest absolute Gasteiger partial charge is 0.358 e. The molecular weight excluding hydrogens is 697 g/mol. The topological polar surface area (TPSA) is 131 Å². The molecule has 3 rings (SSSR count). The molecule has 0 aliphatic carbocycles. The van der Waals surface area contributed by atoms with Crippen molar-refractivity contribution < 1.29 is 58.0 Å². The van der Waals surface area contributed by atoms with Gasteiger partial charge in [0.1, 0.15) is 16.2 Å². The number of aryl methyl sites for hydroxylation is 4. The zero-order chi connectivity index (χ0) is 33.4. The summed E-state index contributed by atoms with van der Waals surface area (Å²) >= 11 is -0.591. The molecule has 9 nitrogen and oxygen atoms in total. The Bertz CT molecular complexity index is 1560. The van der Waals surface area contributed by atoms with Gasteiger partial charge in [-0.15, -0.1) is 0 Å². The first-order valence-electron chi connectivity index (χ1n) is 13.8. The number of rotatable bonds is 9. The minimum absolute atomic E-state index is 0.178. The Morgan fingerprint density at radius 1 is 0.864 bits per heavy atom. The van der Waals surface area contributed by atoms with Gasteiger partial charge in [0.15, 0.2) is 15.1 Å². The minimum atomic E-state index is -4.27. The Hall–Kier alpha value is -3.16. The van der Waals surface area contributed by atoms with E-state index in [1.165, 1.54) is 39.5 Å². The first kappa shape index (κ1) is 37.0. The van der Waals surface area contributed by atoms with E-state index in [0.717, 1.165) is 14.7 Å². The van der Waals surface area contributed by atoms with Gasteiger partial charge in [0.05, 0.1) is 26.2 Å². The van der Waals surface area contributed by atoms with Crippen LogP contribution in [0.4, 0.5) is 0 Å². The number of hydrogen-bond donors (Lipinski definition) is 1. The minimum Gasteiger partial charge on any atom is -0.744 e. The van der Waals surface area contributed by atoms with Crippen LogP contribution in [0.1, 0.15) is 48.6 Å². The fraction of sp³-hybridized carbons (Fsp3) is 0.394. The summed E-state index contributed by atoms with van der Waals surface area (Å²) in [6.07, 6.45) is 0.299. The monoisotopic (exact) mass is 739 g/mol. The number of halogens is 1. The zero-order valence-electron chi connectivity index (χ0n) is 27.0. The van der Waals surface area contributed by atoms with Crippen LogP contribution in [-0.4, -0.2) is 52.2 Å². The number of ether oxygens (including phenoxy) is 3. The average Bonchev–Trinajstić information content (AvgIpc) is 2.93. The van der Waals surface area contributed by atoms with Crippen molar-refractivity contribution >= 4 is 22.0 Å². The highest BCUT2D eigenvalue weighted by Crippen LogP contribution is 2.28. The highest BCUT2D eigenvalue weighted by Gasteiger charge is 2.33. The van der Waals surface area contributed by atoms with Crippen LogP contribution in [0.25, 0.3) is 0 Å². The van der Waals surface area contributed by atoms with E-state index in [-0.39, 0.29) is 10.8 Å². The number of carbonyl (C=O) groups is 2. The van der Waals surface area contributed by atoms with E-state index >= 15 is 0 Å². The van der Waals surface area contributed by atoms with Crippen molar-refractivity contribution in [3.05, 3.63) is 83.5 Å². The maximum atomic E-state index is 12.6. The molecule has 0 aliphatic rings. The molecule has 0 aliphatic heterocycles. The fourth-order valence-corrected chi connectivity index (χ4v) is 7.56. The highest BCUT2D eigenvalue weighted by atomic mass is 127. The molecule has 3 aromatic rings. The summed E-state index contributed by atoms with van der Waals surface area (Å²) in [4.78, 5) is 25.1. The number of hydrogen-bond acceptors (Lipinski definition) is 8. The third kappa shape index (κ3) is 10.5. The van der Waals surface area contributed by atoms with E-state index in [2.05, 4.69) is 38.2 Å². The molecule has 0 saturated carbocycles. The van der Waals surface area contributed by atoms with Gasteiger partial charge < -0.3 is 24.1 Å². The molecule has 0 radical (unpaired) electrons. The van der Waals surface area contributed by atoms with Gasteiger partial charge in [-0.3, -0.25) is 4.79 Å². The molecule has 0 unspecified atom stereocenters. The van der Waals surface area contributed by atoms with Gasteiger partial charge in [-0.25, -0.2) is 13.2 Å². The Morgan fingerprint density at radius 2 is 1.39 bits per heavy atom. The summed E-state index contributed by atoms with van der Waals surface area (Å²) in [5.74, 6) is 0.546. The molecule has 0 bridgehead atoms. The molecule has 0 saturated heterocycles. The van der Waals surface area contributed by atoms with Gasteiger partial charge in [-0.1, -0.05) is 56.2 Å². The van der Waals surface area contributed by atoms with Crippen molar-refractivity contribution in [2.45, 2.75) is 65.8 Å². The zero-order valence-corrected chi connectivity index (χ0v) is 29.9. The van der Waals surface area contributed by atoms with Crippen LogP contribution in [0, 0.1) is 40.3 Å². The molecular formula is C33H42INO8S. The molecule has 11 heteroatoms. The first-order valence-corrected chi connectivity index (χ1v) is 17.4. The number of esters is 1. The van der Waals surface area contributed by atoms with E-state index < -0.39 is 48.7 Å². The number of carbonyl (C=O) groups excluding carboxylic acids is 2. The third-order valence-corrected chi connectivity index (χ3v) is 11.2. The second kappa shape index (κ2) is 15.7. The number of amides is 1. The second-order valence-corrected chi connectivity index (χ2v) is 15.5. The second-order valence-electron chi connectivity index (χ2n) is 11.4. The van der Waals surface area contributed by atoms with E-state index in [9.17, 15) is 22.6 Å². The van der Waals surface area contributed by atoms with Crippen LogP contribution in [0.2, 0.25) is 0 Å². The predicted octanol–water partition coefficient (Wildman–Crippen LogP) is 1.90. The van der Waals surface area contributed by atoms with E-state index in [1.54, 1.807) is 26.4 Å². The quantitative estimate of drug-likeness (QED) is 0.200. The largest absolute Gasteiger partial charge is 0.744 e. The normalized spacial score (nSPS) is 12.0. The van der Waals surface area contributed by atoms with E-state index in [1.807, 2.05) is 39.8 Å². The Labute approximate surface area is 271 Å². The Kier molecular flexibility index (Phi) is 13.2. The molecule has 240 valence electrons. The molecule has 0 aromatic heterocycles. The summed E-state index contributed by atoms with van der Waals surface area (Å²) in [6.45, 7) is 13.6. The lowest BCUT2D eigenvalue weighted by Gasteiger charge is -2.23. The maximum absolute atomic E-state index is 12.6. The first-order chi connectivity index (χ1) is 20.4. The predicted molar refractivity (Wildman–Crippen MR) is 164 cm³/mol. The highest BCUT2D eigenvalue weighted by molar-refractivity contribution is 7.85. The van der Waals surface area contributed by atoms with Gasteiger partial charge in [0, 0.05) is 34.6 Å². The Balaban J connectivity index is 0.000000514. The van der Waals surface area contributed by atoms with Crippen LogP contribution >= 0.6 is 0 Å². The van der Waals surface area contributed by atoms with E-state index in [4.69, 9.17) is 14.2 Å². The van der Waals surface area contributed by atoms with Crippen LogP contribution in [0.5, 0.6) is 11.5 Å². The Morgan fingerprint density at radius 3 is 1.84 bits per heavy atom. The van der Waals surface area contributed by atoms with Crippen molar-refractivity contribution in [1.82, 2.24) is 5.32 Å². The summed E-state index contributed by atoms with van der Waals surface area (Å²) in [5.41, 5.74) is 4.98.